The van der Waals surface area contributed by atoms with Gasteiger partial charge in [-0.25, -0.2) is 33.9 Å². The summed E-state index contributed by atoms with van der Waals surface area (Å²) in [5, 5.41) is 23.2. The fourth-order valence-electron chi connectivity index (χ4n) is 7.63. The van der Waals surface area contributed by atoms with Crippen molar-refractivity contribution >= 4 is 88.6 Å². The third-order valence-electron chi connectivity index (χ3n) is 13.3. The molecule has 0 spiro atoms. The number of amides is 3. The van der Waals surface area contributed by atoms with Gasteiger partial charge in [-0.15, -0.1) is 23.5 Å². The molecule has 0 bridgehead atoms. The topological polar surface area (TPSA) is 286 Å². The van der Waals surface area contributed by atoms with Crippen LogP contribution in [0.3, 0.4) is 0 Å². The number of carbonyl (C=O) groups is 3. The first-order chi connectivity index (χ1) is 34.5. The van der Waals surface area contributed by atoms with Crippen molar-refractivity contribution in [2.24, 2.45) is 17.8 Å². The van der Waals surface area contributed by atoms with E-state index in [0.29, 0.717) is 55.1 Å². The molecule has 3 aromatic rings. The zero-order valence-corrected chi connectivity index (χ0v) is 51.7. The lowest BCUT2D eigenvalue weighted by molar-refractivity contribution is -0.118. The van der Waals surface area contributed by atoms with E-state index in [4.69, 9.17) is 13.6 Å². The maximum Gasteiger partial charge on any atom is 0.246 e. The van der Waals surface area contributed by atoms with Crippen molar-refractivity contribution in [3.05, 3.63) is 35.5 Å². The molecule has 76 heavy (non-hydrogen) atoms. The second kappa shape index (κ2) is 24.9. The number of nitrogens with one attached hydrogen (secondary N) is 4. The molecule has 3 aromatic heterocycles. The van der Waals surface area contributed by atoms with Crippen LogP contribution in [0.25, 0.3) is 0 Å². The van der Waals surface area contributed by atoms with Crippen LogP contribution in [-0.4, -0.2) is 150 Å². The molecule has 0 aromatic carbocycles. The number of sulfone groups is 1. The van der Waals surface area contributed by atoms with Crippen molar-refractivity contribution in [1.29, 1.82) is 0 Å². The number of hydrogen-bond donors (Lipinski definition) is 4. The summed E-state index contributed by atoms with van der Waals surface area (Å²) in [6.07, 6.45) is 4.82. The predicted octanol–water partition coefficient (Wildman–Crippen LogP) is 7.12. The van der Waals surface area contributed by atoms with E-state index >= 15 is 0 Å². The number of nitrogens with zero attached hydrogens (tertiary/aromatic N) is 5. The van der Waals surface area contributed by atoms with Crippen molar-refractivity contribution in [2.75, 3.05) is 85.0 Å². The van der Waals surface area contributed by atoms with Crippen molar-refractivity contribution in [1.82, 2.24) is 29.4 Å². The average Bonchev–Trinajstić information content (AvgIpc) is 4.13. The normalized spacial score (nSPS) is 19.6. The highest BCUT2D eigenvalue weighted by atomic mass is 32.2. The van der Waals surface area contributed by atoms with Crippen LogP contribution < -0.4 is 21.3 Å². The molecule has 3 aliphatic rings. The van der Waals surface area contributed by atoms with E-state index in [1.54, 1.807) is 30.0 Å². The second-order valence-corrected chi connectivity index (χ2v) is 34.5. The molecule has 3 saturated heterocycles. The maximum absolute atomic E-state index is 12.9. The minimum Gasteiger partial charge on any atom is -0.359 e. The Bertz CT molecular complexity index is 2800. The lowest BCUT2D eigenvalue weighted by atomic mass is 9.93. The standard InChI is InChI=1S/C17H29N3O6S2.C17H29N3O4S2.C16H27N3O2S/c1-16(2,3)13-9-14(19-26-13)18-15(21)17(4,5)28(24,25)11-12-7-8-20(10-12)27(6,22)23;1-16(2,3)13-9-14(19-24-13)18-15(21)17(4,5)25-11-12-7-8-20(10-12)26(6,22)23;1-15(2,3)12-8-13(19-21-12)18-14(20)16(4,5)22-10-11-6-7-17-9-11/h9,12H,7-8,10-11H2,1-6H3,(H,18,19,21);9,12H,7-8,10-11H2,1-6H3,(H,18,19,21);8,11,17H,6-7,9-10H2,1-5H3,(H,18,19,20). The zero-order chi connectivity index (χ0) is 57.7. The van der Waals surface area contributed by atoms with Crippen LogP contribution in [0.5, 0.6) is 0 Å². The molecule has 0 aliphatic carbocycles. The van der Waals surface area contributed by atoms with Gasteiger partial charge < -0.3 is 34.8 Å². The van der Waals surface area contributed by atoms with E-state index in [1.165, 1.54) is 46.9 Å². The molecule has 0 saturated carbocycles. The lowest BCUT2D eigenvalue weighted by Crippen LogP contribution is -2.47. The highest BCUT2D eigenvalue weighted by Gasteiger charge is 2.45. The van der Waals surface area contributed by atoms with Crippen LogP contribution in [0.4, 0.5) is 17.5 Å². The van der Waals surface area contributed by atoms with Crippen LogP contribution in [0.1, 0.15) is 140 Å². The summed E-state index contributed by atoms with van der Waals surface area (Å²) in [5.74, 6) is 4.29. The van der Waals surface area contributed by atoms with Gasteiger partial charge in [-0.3, -0.25) is 14.4 Å². The number of rotatable bonds is 17. The van der Waals surface area contributed by atoms with Crippen LogP contribution >= 0.6 is 23.5 Å². The van der Waals surface area contributed by atoms with Crippen LogP contribution in [0, 0.1) is 17.8 Å². The Hall–Kier alpha value is -3.53. The van der Waals surface area contributed by atoms with E-state index in [9.17, 15) is 39.6 Å². The van der Waals surface area contributed by atoms with E-state index in [1.807, 2.05) is 69.2 Å². The van der Waals surface area contributed by atoms with E-state index in [0.717, 1.165) is 43.0 Å². The van der Waals surface area contributed by atoms with Gasteiger partial charge in [-0.1, -0.05) is 77.8 Å². The Labute approximate surface area is 460 Å². The molecule has 6 heterocycles. The highest BCUT2D eigenvalue weighted by Crippen LogP contribution is 2.34. The molecule has 432 valence electrons. The Kier molecular flexibility index (Phi) is 21.3. The van der Waals surface area contributed by atoms with Crippen LogP contribution in [0.2, 0.25) is 0 Å². The summed E-state index contributed by atoms with van der Waals surface area (Å²) in [6.45, 7) is 32.0. The van der Waals surface area contributed by atoms with Crippen molar-refractivity contribution < 1.29 is 53.2 Å². The first-order valence-corrected chi connectivity index (χ1v) is 32.8. The summed E-state index contributed by atoms with van der Waals surface area (Å²) in [4.78, 5) is 37.7. The molecule has 21 nitrogen and oxygen atoms in total. The molecule has 3 fully saturated rings. The smallest absolute Gasteiger partial charge is 0.246 e. The van der Waals surface area contributed by atoms with Gasteiger partial charge in [0.15, 0.2) is 27.3 Å². The van der Waals surface area contributed by atoms with Crippen LogP contribution in [0.15, 0.2) is 31.8 Å². The van der Waals surface area contributed by atoms with Gasteiger partial charge in [0.25, 0.3) is 0 Å². The number of sulfonamides is 2. The van der Waals surface area contributed by atoms with Gasteiger partial charge in [0.2, 0.25) is 37.8 Å². The molecular weight excluding hydrogens is 1080 g/mol. The summed E-state index contributed by atoms with van der Waals surface area (Å²) >= 11 is 3.24. The number of thioether (sulfide) groups is 2. The number of hydrogen-bond acceptors (Lipinski definition) is 18. The predicted molar refractivity (Wildman–Crippen MR) is 302 cm³/mol. The highest BCUT2D eigenvalue weighted by molar-refractivity contribution is 8.01. The molecule has 3 atom stereocenters. The SMILES string of the molecule is CC(C)(C)c1cc(NC(=O)C(C)(C)S(=O)(=O)CC2CCN(S(C)(=O)=O)C2)no1.CC(C)(SCC1CCN(S(C)(=O)=O)C1)C(=O)Nc1cc(C(C)(C)C)on1.CC(C)(SCC1CCNC1)C(=O)Nc1cc(C(C)(C)C)on1. The summed E-state index contributed by atoms with van der Waals surface area (Å²) in [6, 6.07) is 5.13. The second-order valence-electron chi connectivity index (χ2n) is 24.7. The molecule has 4 N–H and O–H groups in total. The van der Waals surface area contributed by atoms with Gasteiger partial charge in [0.05, 0.1) is 27.8 Å². The average molecular weight is 1160 g/mol. The molecular formula is C50H85N9O12S5. The lowest BCUT2D eigenvalue weighted by Gasteiger charge is -2.25. The fraction of sp³-hybridized carbons (Fsp3) is 0.760. The Balaban J connectivity index is 0.000000248. The summed E-state index contributed by atoms with van der Waals surface area (Å²) < 4.78 is 88.0. The van der Waals surface area contributed by atoms with E-state index in [-0.39, 0.29) is 58.0 Å². The monoisotopic (exact) mass is 1160 g/mol. The van der Waals surface area contributed by atoms with Crippen molar-refractivity contribution in [3.63, 3.8) is 0 Å². The quantitative estimate of drug-likeness (QED) is 0.105. The molecule has 3 amide bonds. The molecule has 0 radical (unpaired) electrons. The van der Waals surface area contributed by atoms with Crippen LogP contribution in [-0.2, 0) is 60.5 Å². The summed E-state index contributed by atoms with van der Waals surface area (Å²) in [5.41, 5.74) is -0.588. The number of aromatic nitrogens is 3. The molecule has 3 unspecified atom stereocenters. The third-order valence-corrected chi connectivity index (χ3v) is 21.6. The maximum atomic E-state index is 12.9. The number of anilines is 3. The Morgan fingerprint density at radius 3 is 1.25 bits per heavy atom. The zero-order valence-electron chi connectivity index (χ0n) is 47.6. The largest absolute Gasteiger partial charge is 0.359 e. The van der Waals surface area contributed by atoms with Gasteiger partial charge in [0, 0.05) is 60.6 Å². The minimum absolute atomic E-state index is 0.0304. The molecule has 6 rings (SSSR count). The van der Waals surface area contributed by atoms with E-state index < -0.39 is 50.0 Å². The minimum atomic E-state index is -3.85. The third kappa shape index (κ3) is 18.8. The summed E-state index contributed by atoms with van der Waals surface area (Å²) in [7, 11) is -10.3. The molecule has 26 heteroatoms. The van der Waals surface area contributed by atoms with Crippen molar-refractivity contribution in [3.8, 4) is 0 Å². The fourth-order valence-corrected chi connectivity index (χ4v) is 13.3. The van der Waals surface area contributed by atoms with Gasteiger partial charge in [0.1, 0.15) is 22.0 Å². The van der Waals surface area contributed by atoms with Crippen molar-refractivity contribution in [2.45, 2.75) is 154 Å². The molecule has 3 aliphatic heterocycles. The number of carbonyl (C=O) groups excluding carboxylic acids is 3. The van der Waals surface area contributed by atoms with E-state index in [2.05, 4.69) is 57.5 Å². The Morgan fingerprint density at radius 1 is 0.566 bits per heavy atom. The first kappa shape index (κ1) is 65.0. The van der Waals surface area contributed by atoms with Gasteiger partial charge in [-0.2, -0.15) is 0 Å². The van der Waals surface area contributed by atoms with Gasteiger partial charge in [-0.05, 0) is 103 Å². The van der Waals surface area contributed by atoms with Gasteiger partial charge >= 0.3 is 0 Å². The first-order valence-electron chi connectivity index (χ1n) is 25.5. The Morgan fingerprint density at radius 2 is 0.921 bits per heavy atom.